The van der Waals surface area contributed by atoms with Crippen LogP contribution in [0.3, 0.4) is 0 Å². The first-order chi connectivity index (χ1) is 8.58. The summed E-state index contributed by atoms with van der Waals surface area (Å²) in [6.07, 6.45) is 1.58. The van der Waals surface area contributed by atoms with Gasteiger partial charge in [-0.3, -0.25) is 9.89 Å². The summed E-state index contributed by atoms with van der Waals surface area (Å²) in [5.41, 5.74) is 6.88. The van der Waals surface area contributed by atoms with E-state index >= 15 is 0 Å². The van der Waals surface area contributed by atoms with Gasteiger partial charge in [-0.25, -0.2) is 0 Å². The van der Waals surface area contributed by atoms with Crippen molar-refractivity contribution in [1.82, 2.24) is 15.5 Å². The molecule has 94 valence electrons. The van der Waals surface area contributed by atoms with E-state index in [1.54, 1.807) is 24.4 Å². The first kappa shape index (κ1) is 12.9. The SMILES string of the molecule is Nc1[nH]ncc1CNC(=O)c1ccc(Cl)cc1Br. The highest BCUT2D eigenvalue weighted by molar-refractivity contribution is 9.10. The second-order valence-corrected chi connectivity index (χ2v) is 4.91. The van der Waals surface area contributed by atoms with Crippen molar-refractivity contribution in [3.8, 4) is 0 Å². The molecule has 0 bridgehead atoms. The fourth-order valence-electron chi connectivity index (χ4n) is 1.41. The number of nitrogens with two attached hydrogens (primary N) is 1. The maximum Gasteiger partial charge on any atom is 0.252 e. The highest BCUT2D eigenvalue weighted by Crippen LogP contribution is 2.21. The van der Waals surface area contributed by atoms with E-state index in [1.165, 1.54) is 0 Å². The first-order valence-corrected chi connectivity index (χ1v) is 6.26. The molecule has 0 spiro atoms. The second-order valence-electron chi connectivity index (χ2n) is 3.62. The fourth-order valence-corrected chi connectivity index (χ4v) is 2.27. The molecule has 0 radical (unpaired) electrons. The van der Waals surface area contributed by atoms with Crippen LogP contribution >= 0.6 is 27.5 Å². The van der Waals surface area contributed by atoms with Crippen molar-refractivity contribution in [2.45, 2.75) is 6.54 Å². The Balaban J connectivity index is 2.06. The van der Waals surface area contributed by atoms with Gasteiger partial charge in [-0.2, -0.15) is 5.10 Å². The maximum atomic E-state index is 11.9. The summed E-state index contributed by atoms with van der Waals surface area (Å²) in [5.74, 6) is 0.240. The summed E-state index contributed by atoms with van der Waals surface area (Å²) in [6.45, 7) is 0.316. The van der Waals surface area contributed by atoms with Crippen molar-refractivity contribution < 1.29 is 4.79 Å². The average Bonchev–Trinajstić information content (AvgIpc) is 2.72. The largest absolute Gasteiger partial charge is 0.384 e. The van der Waals surface area contributed by atoms with E-state index in [2.05, 4.69) is 31.4 Å². The Morgan fingerprint density at radius 1 is 1.56 bits per heavy atom. The van der Waals surface area contributed by atoms with Crippen LogP contribution in [0.15, 0.2) is 28.9 Å². The van der Waals surface area contributed by atoms with Gasteiger partial charge in [0.15, 0.2) is 0 Å². The number of hydrogen-bond acceptors (Lipinski definition) is 3. The lowest BCUT2D eigenvalue weighted by Crippen LogP contribution is -2.23. The summed E-state index contributed by atoms with van der Waals surface area (Å²) in [6, 6.07) is 4.98. The molecule has 2 aromatic rings. The second kappa shape index (κ2) is 5.41. The third-order valence-corrected chi connectivity index (χ3v) is 3.26. The van der Waals surface area contributed by atoms with E-state index in [1.807, 2.05) is 0 Å². The van der Waals surface area contributed by atoms with Gasteiger partial charge in [0.1, 0.15) is 5.82 Å². The van der Waals surface area contributed by atoms with Gasteiger partial charge in [-0.1, -0.05) is 11.6 Å². The third kappa shape index (κ3) is 2.83. The molecule has 7 heteroatoms. The first-order valence-electron chi connectivity index (χ1n) is 5.09. The molecule has 0 saturated heterocycles. The van der Waals surface area contributed by atoms with E-state index < -0.39 is 0 Å². The molecule has 1 aromatic heterocycles. The summed E-state index contributed by atoms with van der Waals surface area (Å²) < 4.78 is 0.646. The van der Waals surface area contributed by atoms with Crippen LogP contribution in [0.5, 0.6) is 0 Å². The zero-order valence-electron chi connectivity index (χ0n) is 9.21. The van der Waals surface area contributed by atoms with Crippen LogP contribution in [-0.2, 0) is 6.54 Å². The van der Waals surface area contributed by atoms with Gasteiger partial charge in [0, 0.05) is 21.6 Å². The smallest absolute Gasteiger partial charge is 0.252 e. The van der Waals surface area contributed by atoms with E-state index in [9.17, 15) is 4.79 Å². The van der Waals surface area contributed by atoms with Crippen LogP contribution in [0.1, 0.15) is 15.9 Å². The van der Waals surface area contributed by atoms with Gasteiger partial charge in [-0.15, -0.1) is 0 Å². The van der Waals surface area contributed by atoms with Gasteiger partial charge in [0.05, 0.1) is 11.8 Å². The Morgan fingerprint density at radius 3 is 2.94 bits per heavy atom. The summed E-state index contributed by atoms with van der Waals surface area (Å²) in [7, 11) is 0. The van der Waals surface area contributed by atoms with Gasteiger partial charge in [0.25, 0.3) is 5.91 Å². The van der Waals surface area contributed by atoms with Crippen LogP contribution in [0.25, 0.3) is 0 Å². The molecule has 5 nitrogen and oxygen atoms in total. The lowest BCUT2D eigenvalue weighted by atomic mass is 10.2. The average molecular weight is 330 g/mol. The topological polar surface area (TPSA) is 83.8 Å². The number of anilines is 1. The molecule has 0 atom stereocenters. The third-order valence-electron chi connectivity index (χ3n) is 2.37. The fraction of sp³-hybridized carbons (Fsp3) is 0.0909. The number of nitrogens with zero attached hydrogens (tertiary/aromatic N) is 1. The lowest BCUT2D eigenvalue weighted by molar-refractivity contribution is 0.0950. The highest BCUT2D eigenvalue weighted by atomic mass is 79.9. The molecule has 0 fully saturated rings. The zero-order valence-corrected chi connectivity index (χ0v) is 11.5. The van der Waals surface area contributed by atoms with E-state index in [0.29, 0.717) is 27.4 Å². The van der Waals surface area contributed by atoms with Gasteiger partial charge in [0.2, 0.25) is 0 Å². The minimum Gasteiger partial charge on any atom is -0.384 e. The maximum absolute atomic E-state index is 11.9. The summed E-state index contributed by atoms with van der Waals surface area (Å²) in [5, 5.41) is 9.69. The Morgan fingerprint density at radius 2 is 2.33 bits per heavy atom. The molecule has 0 aliphatic carbocycles. The van der Waals surface area contributed by atoms with Crippen molar-refractivity contribution in [1.29, 1.82) is 0 Å². The number of halogens is 2. The van der Waals surface area contributed by atoms with E-state index in [4.69, 9.17) is 17.3 Å². The molecule has 0 aliphatic rings. The minimum absolute atomic E-state index is 0.209. The molecule has 18 heavy (non-hydrogen) atoms. The number of carbonyl (C=O) groups excluding carboxylic acids is 1. The molecule has 0 aliphatic heterocycles. The number of aromatic nitrogens is 2. The number of rotatable bonds is 3. The van der Waals surface area contributed by atoms with Crippen LogP contribution in [0.2, 0.25) is 5.02 Å². The number of nitrogens with one attached hydrogen (secondary N) is 2. The monoisotopic (exact) mass is 328 g/mol. The molecule has 4 N–H and O–H groups in total. The van der Waals surface area contributed by atoms with Crippen LogP contribution < -0.4 is 11.1 Å². The predicted molar refractivity (Wildman–Crippen MR) is 73.3 cm³/mol. The zero-order chi connectivity index (χ0) is 13.1. The number of aromatic amines is 1. The molecular formula is C11H10BrClN4O. The molecule has 0 unspecified atom stereocenters. The van der Waals surface area contributed by atoms with Crippen LogP contribution in [0.4, 0.5) is 5.82 Å². The number of H-pyrrole nitrogens is 1. The van der Waals surface area contributed by atoms with Crippen LogP contribution in [0, 0.1) is 0 Å². The molecule has 1 aromatic carbocycles. The molecule has 0 saturated carbocycles. The van der Waals surface area contributed by atoms with Crippen LogP contribution in [-0.4, -0.2) is 16.1 Å². The number of hydrogen-bond donors (Lipinski definition) is 3. The minimum atomic E-state index is -0.209. The summed E-state index contributed by atoms with van der Waals surface area (Å²) >= 11 is 9.10. The highest BCUT2D eigenvalue weighted by Gasteiger charge is 2.11. The number of amides is 1. The van der Waals surface area contributed by atoms with Crippen molar-refractivity contribution in [2.75, 3.05) is 5.73 Å². The number of nitrogen functional groups attached to an aromatic ring is 1. The van der Waals surface area contributed by atoms with Crippen molar-refractivity contribution in [2.24, 2.45) is 0 Å². The molecular weight excluding hydrogens is 320 g/mol. The lowest BCUT2D eigenvalue weighted by Gasteiger charge is -2.06. The Hall–Kier alpha value is -1.53. The quantitative estimate of drug-likeness (QED) is 0.808. The van der Waals surface area contributed by atoms with Gasteiger partial charge in [-0.05, 0) is 34.1 Å². The molecule has 2 rings (SSSR count). The predicted octanol–water partition coefficient (Wildman–Crippen LogP) is 2.34. The molecule has 1 amide bonds. The molecule has 1 heterocycles. The standard InChI is InChI=1S/C11H10BrClN4O/c12-9-3-7(13)1-2-8(9)11(18)15-4-6-5-16-17-10(6)14/h1-3,5H,4H2,(H,15,18)(H3,14,16,17). The van der Waals surface area contributed by atoms with Crippen molar-refractivity contribution >= 4 is 39.3 Å². The Labute approximate surface area is 117 Å². The normalized spacial score (nSPS) is 10.3. The van der Waals surface area contributed by atoms with Gasteiger partial charge < -0.3 is 11.1 Å². The Bertz CT molecular complexity index is 584. The van der Waals surface area contributed by atoms with Crippen molar-refractivity contribution in [3.05, 3.63) is 45.0 Å². The number of carbonyl (C=O) groups is 1. The van der Waals surface area contributed by atoms with E-state index in [0.717, 1.165) is 5.56 Å². The van der Waals surface area contributed by atoms with Gasteiger partial charge >= 0.3 is 0 Å². The van der Waals surface area contributed by atoms with Crippen molar-refractivity contribution in [3.63, 3.8) is 0 Å². The Kier molecular flexibility index (Phi) is 3.88. The number of benzene rings is 1. The summed E-state index contributed by atoms with van der Waals surface area (Å²) in [4.78, 5) is 11.9. The van der Waals surface area contributed by atoms with E-state index in [-0.39, 0.29) is 5.91 Å².